The van der Waals surface area contributed by atoms with Gasteiger partial charge in [-0.1, -0.05) is 36.4 Å². The number of nitrogen functional groups attached to an aromatic ring is 1. The van der Waals surface area contributed by atoms with Crippen molar-refractivity contribution in [3.8, 4) is 16.9 Å². The second-order valence-electron chi connectivity index (χ2n) is 7.13. The highest BCUT2D eigenvalue weighted by molar-refractivity contribution is 5.92. The Morgan fingerprint density at radius 1 is 1.13 bits per heavy atom. The van der Waals surface area contributed by atoms with Crippen LogP contribution in [0.4, 0.5) is 5.82 Å². The molecule has 0 bridgehead atoms. The first-order valence-electron chi connectivity index (χ1n) is 10.2. The Hall–Kier alpha value is -3.42. The molecule has 0 aliphatic heterocycles. The summed E-state index contributed by atoms with van der Waals surface area (Å²) in [6.07, 6.45) is 1.76. The van der Waals surface area contributed by atoms with Crippen LogP contribution in [0.15, 0.2) is 60.8 Å². The largest absolute Gasteiger partial charge is 0.493 e. The van der Waals surface area contributed by atoms with Crippen LogP contribution in [0, 0.1) is 0 Å². The van der Waals surface area contributed by atoms with E-state index in [2.05, 4.69) is 10.3 Å². The van der Waals surface area contributed by atoms with Crippen molar-refractivity contribution < 1.29 is 19.7 Å². The molecule has 7 nitrogen and oxygen atoms in total. The smallest absolute Gasteiger partial charge is 0.339 e. The minimum absolute atomic E-state index is 0.158. The number of aliphatic hydroxyl groups excluding tert-OH is 1. The molecule has 3 rings (SSSR count). The van der Waals surface area contributed by atoms with Gasteiger partial charge in [0.25, 0.3) is 0 Å². The van der Waals surface area contributed by atoms with Crippen molar-refractivity contribution in [1.82, 2.24) is 10.3 Å². The highest BCUT2D eigenvalue weighted by Gasteiger charge is 2.12. The molecule has 0 unspecified atom stereocenters. The van der Waals surface area contributed by atoms with Gasteiger partial charge in [0.05, 0.1) is 12.7 Å². The number of hydrogen-bond acceptors (Lipinski definition) is 6. The van der Waals surface area contributed by atoms with Gasteiger partial charge in [0.1, 0.15) is 17.1 Å². The van der Waals surface area contributed by atoms with Gasteiger partial charge in [0.15, 0.2) is 0 Å². The summed E-state index contributed by atoms with van der Waals surface area (Å²) in [6, 6.07) is 16.7. The van der Waals surface area contributed by atoms with E-state index in [-0.39, 0.29) is 5.56 Å². The third-order valence-electron chi connectivity index (χ3n) is 4.92. The number of carboxylic acid groups (broad SMARTS) is 1. The van der Waals surface area contributed by atoms with E-state index < -0.39 is 12.1 Å². The van der Waals surface area contributed by atoms with Crippen LogP contribution in [0.3, 0.4) is 0 Å². The molecule has 0 saturated heterocycles. The number of pyridine rings is 1. The fourth-order valence-electron chi connectivity index (χ4n) is 3.22. The molecule has 0 aliphatic carbocycles. The summed E-state index contributed by atoms with van der Waals surface area (Å²) in [5, 5.41) is 22.7. The zero-order valence-electron chi connectivity index (χ0n) is 17.4. The van der Waals surface area contributed by atoms with Crippen molar-refractivity contribution in [2.24, 2.45) is 0 Å². The minimum Gasteiger partial charge on any atom is -0.493 e. The van der Waals surface area contributed by atoms with E-state index >= 15 is 0 Å². The number of aromatic carboxylic acids is 1. The number of nitrogens with two attached hydrogens (primary N) is 1. The monoisotopic (exact) mass is 421 g/mol. The molecule has 3 aromatic rings. The standard InChI is InChI=1S/C24H27N3O4/c1-2-31-22-13-18(7-9-20(22)24(29)30)17-5-3-16(4-6-17)11-12-26-15-21(28)19-8-10-23(25)27-14-19/h3-10,13-14,21,26,28H,2,11-12,15H2,1H3,(H2,25,27)(H,29,30)/t21-/m0/s1. The third kappa shape index (κ3) is 6.04. The summed E-state index contributed by atoms with van der Waals surface area (Å²) in [7, 11) is 0. The zero-order valence-corrected chi connectivity index (χ0v) is 17.4. The normalized spacial score (nSPS) is 11.8. The van der Waals surface area contributed by atoms with E-state index in [0.717, 1.165) is 35.2 Å². The van der Waals surface area contributed by atoms with Gasteiger partial charge in [-0.2, -0.15) is 0 Å². The van der Waals surface area contributed by atoms with Crippen LogP contribution in [0.2, 0.25) is 0 Å². The number of rotatable bonds is 10. The fourth-order valence-corrected chi connectivity index (χ4v) is 3.22. The molecule has 0 radical (unpaired) electrons. The second-order valence-corrected chi connectivity index (χ2v) is 7.13. The molecule has 1 atom stereocenters. The lowest BCUT2D eigenvalue weighted by atomic mass is 10.0. The topological polar surface area (TPSA) is 118 Å². The first-order chi connectivity index (χ1) is 15.0. The van der Waals surface area contributed by atoms with Crippen molar-refractivity contribution >= 4 is 11.8 Å². The van der Waals surface area contributed by atoms with Crippen LogP contribution in [0.25, 0.3) is 11.1 Å². The summed E-state index contributed by atoms with van der Waals surface area (Å²) in [5.41, 5.74) is 9.50. The molecule has 31 heavy (non-hydrogen) atoms. The molecule has 0 amide bonds. The molecular formula is C24H27N3O4. The van der Waals surface area contributed by atoms with E-state index in [1.165, 1.54) is 0 Å². The summed E-state index contributed by atoms with van der Waals surface area (Å²) in [6.45, 7) is 3.38. The molecule has 7 heteroatoms. The minimum atomic E-state index is -1.00. The predicted octanol–water partition coefficient (Wildman–Crippen LogP) is 3.29. The Morgan fingerprint density at radius 2 is 1.87 bits per heavy atom. The first-order valence-corrected chi connectivity index (χ1v) is 10.2. The highest BCUT2D eigenvalue weighted by Crippen LogP contribution is 2.28. The summed E-state index contributed by atoms with van der Waals surface area (Å²) < 4.78 is 5.49. The summed E-state index contributed by atoms with van der Waals surface area (Å²) in [4.78, 5) is 15.3. The van der Waals surface area contributed by atoms with E-state index in [1.54, 1.807) is 36.5 Å². The lowest BCUT2D eigenvalue weighted by molar-refractivity contribution is 0.0692. The fraction of sp³-hybridized carbons (Fsp3) is 0.250. The third-order valence-corrected chi connectivity index (χ3v) is 4.92. The molecule has 0 spiro atoms. The number of benzene rings is 2. The maximum absolute atomic E-state index is 11.3. The molecule has 0 fully saturated rings. The molecule has 5 N–H and O–H groups in total. The molecule has 1 aromatic heterocycles. The van der Waals surface area contributed by atoms with E-state index in [1.807, 2.05) is 31.2 Å². The Morgan fingerprint density at radius 3 is 2.52 bits per heavy atom. The lowest BCUT2D eigenvalue weighted by Crippen LogP contribution is -2.23. The molecular weight excluding hydrogens is 394 g/mol. The Labute approximate surface area is 181 Å². The molecule has 2 aromatic carbocycles. The predicted molar refractivity (Wildman–Crippen MR) is 120 cm³/mol. The average Bonchev–Trinajstić information content (AvgIpc) is 2.77. The van der Waals surface area contributed by atoms with Crippen molar-refractivity contribution in [2.75, 3.05) is 25.4 Å². The number of carboxylic acids is 1. The number of anilines is 1. The number of aliphatic hydroxyl groups is 1. The lowest BCUT2D eigenvalue weighted by Gasteiger charge is -2.12. The van der Waals surface area contributed by atoms with Crippen molar-refractivity contribution in [2.45, 2.75) is 19.4 Å². The number of nitrogens with one attached hydrogen (secondary N) is 1. The van der Waals surface area contributed by atoms with Gasteiger partial charge in [-0.3, -0.25) is 0 Å². The maximum atomic E-state index is 11.3. The second kappa shape index (κ2) is 10.6. The molecule has 0 saturated carbocycles. The van der Waals surface area contributed by atoms with E-state index in [9.17, 15) is 15.0 Å². The molecule has 162 valence electrons. The number of aromatic nitrogens is 1. The number of ether oxygens (including phenoxy) is 1. The Bertz CT molecular complexity index is 1000. The zero-order chi connectivity index (χ0) is 22.2. The SMILES string of the molecule is CCOc1cc(-c2ccc(CCNC[C@H](O)c3ccc(N)nc3)cc2)ccc1C(=O)O. The molecule has 0 aliphatic rings. The number of nitrogens with zero attached hydrogens (tertiary/aromatic N) is 1. The van der Waals surface area contributed by atoms with Gasteiger partial charge in [-0.15, -0.1) is 0 Å². The first kappa shape index (κ1) is 22.3. The van der Waals surface area contributed by atoms with Gasteiger partial charge in [-0.25, -0.2) is 9.78 Å². The summed E-state index contributed by atoms with van der Waals surface area (Å²) in [5.74, 6) is -0.203. The van der Waals surface area contributed by atoms with Gasteiger partial charge in [0, 0.05) is 18.3 Å². The van der Waals surface area contributed by atoms with Gasteiger partial charge < -0.3 is 26.0 Å². The average molecular weight is 421 g/mol. The van der Waals surface area contributed by atoms with Gasteiger partial charge >= 0.3 is 5.97 Å². The quantitative estimate of drug-likeness (QED) is 0.371. The summed E-state index contributed by atoms with van der Waals surface area (Å²) >= 11 is 0. The maximum Gasteiger partial charge on any atom is 0.339 e. The highest BCUT2D eigenvalue weighted by atomic mass is 16.5. The van der Waals surface area contributed by atoms with Crippen LogP contribution in [-0.4, -0.2) is 40.9 Å². The van der Waals surface area contributed by atoms with Gasteiger partial charge in [-0.05, 0) is 54.8 Å². The van der Waals surface area contributed by atoms with Crippen molar-refractivity contribution in [3.63, 3.8) is 0 Å². The Balaban J connectivity index is 1.55. The number of carbonyl (C=O) groups is 1. The van der Waals surface area contributed by atoms with Crippen LogP contribution < -0.4 is 15.8 Å². The van der Waals surface area contributed by atoms with Gasteiger partial charge in [0.2, 0.25) is 0 Å². The van der Waals surface area contributed by atoms with E-state index in [0.29, 0.717) is 24.7 Å². The van der Waals surface area contributed by atoms with Crippen LogP contribution in [0.1, 0.15) is 34.5 Å². The van der Waals surface area contributed by atoms with Crippen LogP contribution in [0.5, 0.6) is 5.75 Å². The Kier molecular flexibility index (Phi) is 7.59. The van der Waals surface area contributed by atoms with Crippen LogP contribution in [-0.2, 0) is 6.42 Å². The number of hydrogen-bond donors (Lipinski definition) is 4. The van der Waals surface area contributed by atoms with Crippen molar-refractivity contribution in [1.29, 1.82) is 0 Å². The van der Waals surface area contributed by atoms with E-state index in [4.69, 9.17) is 10.5 Å². The van der Waals surface area contributed by atoms with Crippen molar-refractivity contribution in [3.05, 3.63) is 77.5 Å². The molecule has 1 heterocycles. The van der Waals surface area contributed by atoms with Crippen LogP contribution >= 0.6 is 0 Å².